The Morgan fingerprint density at radius 3 is 2.17 bits per heavy atom. The number of halogens is 4. The number of carbonyl (C=O) groups excluding carboxylic acids is 2. The second-order valence-corrected chi connectivity index (χ2v) is 8.74. The van der Waals surface area contributed by atoms with Crippen molar-refractivity contribution >= 4 is 23.5 Å². The van der Waals surface area contributed by atoms with Gasteiger partial charge in [-0.2, -0.15) is 13.2 Å². The van der Waals surface area contributed by atoms with E-state index >= 15 is 0 Å². The average molecular weight is 513 g/mol. The number of rotatable bonds is 9. The fraction of sp³-hybridized carbons (Fsp3) is 0.440. The van der Waals surface area contributed by atoms with Crippen molar-refractivity contribution in [2.45, 2.75) is 31.7 Å². The molecule has 35 heavy (non-hydrogen) atoms. The summed E-state index contributed by atoms with van der Waals surface area (Å²) in [5, 5.41) is 0.592. The maximum Gasteiger partial charge on any atom is 0.416 e. The van der Waals surface area contributed by atoms with Crippen LogP contribution >= 0.6 is 11.6 Å². The highest BCUT2D eigenvalue weighted by molar-refractivity contribution is 6.30. The van der Waals surface area contributed by atoms with Crippen LogP contribution < -0.4 is 0 Å². The lowest BCUT2D eigenvalue weighted by atomic mass is 10.1. The van der Waals surface area contributed by atoms with Crippen LogP contribution in [0, 0.1) is 0 Å². The van der Waals surface area contributed by atoms with Crippen molar-refractivity contribution in [1.29, 1.82) is 0 Å². The van der Waals surface area contributed by atoms with E-state index in [1.807, 2.05) is 12.1 Å². The zero-order chi connectivity index (χ0) is 25.4. The van der Waals surface area contributed by atoms with Gasteiger partial charge in [-0.3, -0.25) is 14.5 Å². The van der Waals surface area contributed by atoms with Gasteiger partial charge < -0.3 is 14.4 Å². The van der Waals surface area contributed by atoms with Crippen LogP contribution in [0.4, 0.5) is 13.2 Å². The number of hydrogen-bond acceptors (Lipinski definition) is 5. The van der Waals surface area contributed by atoms with Crippen molar-refractivity contribution in [3.63, 3.8) is 0 Å². The Kier molecular flexibility index (Phi) is 9.54. The zero-order valence-corrected chi connectivity index (χ0v) is 20.1. The van der Waals surface area contributed by atoms with Crippen LogP contribution in [-0.2, 0) is 31.8 Å². The monoisotopic (exact) mass is 512 g/mol. The quantitative estimate of drug-likeness (QED) is 0.455. The first-order valence-electron chi connectivity index (χ1n) is 11.3. The second kappa shape index (κ2) is 12.4. The first-order chi connectivity index (χ1) is 16.7. The lowest BCUT2D eigenvalue weighted by Gasteiger charge is -2.36. The number of ether oxygens (including phenoxy) is 2. The van der Waals surface area contributed by atoms with Gasteiger partial charge in [-0.05, 0) is 35.4 Å². The standard InChI is InChI=1S/C25H28ClF3N2O4/c1-34-24(33)11-10-23(32)31-14-12-30(13-15-31)16-22(19-4-8-21(26)9-5-19)35-17-18-2-6-20(7-3-18)25(27,28)29/h2-9,22H,10-17H2,1H3/t22-/m1/s1. The molecule has 1 aliphatic heterocycles. The molecule has 2 aromatic carbocycles. The molecule has 1 heterocycles. The first kappa shape index (κ1) is 27.0. The molecule has 10 heteroatoms. The molecule has 0 bridgehead atoms. The number of carbonyl (C=O) groups is 2. The Bertz CT molecular complexity index is 976. The van der Waals surface area contributed by atoms with E-state index < -0.39 is 17.7 Å². The van der Waals surface area contributed by atoms with Crippen molar-refractivity contribution in [2.75, 3.05) is 39.8 Å². The highest BCUT2D eigenvalue weighted by Gasteiger charge is 2.30. The smallest absolute Gasteiger partial charge is 0.416 e. The Labute approximate surface area is 207 Å². The van der Waals surface area contributed by atoms with Gasteiger partial charge in [0.15, 0.2) is 0 Å². The Morgan fingerprint density at radius 1 is 0.971 bits per heavy atom. The zero-order valence-electron chi connectivity index (χ0n) is 19.4. The maximum absolute atomic E-state index is 12.8. The van der Waals surface area contributed by atoms with Crippen LogP contribution in [0.3, 0.4) is 0 Å². The minimum absolute atomic E-state index is 0.0615. The second-order valence-electron chi connectivity index (χ2n) is 8.30. The molecule has 1 aliphatic rings. The van der Waals surface area contributed by atoms with Gasteiger partial charge in [0.25, 0.3) is 0 Å². The number of nitrogens with zero attached hydrogens (tertiary/aromatic N) is 2. The van der Waals surface area contributed by atoms with Crippen LogP contribution in [0.1, 0.15) is 35.6 Å². The minimum atomic E-state index is -4.38. The van der Waals surface area contributed by atoms with Gasteiger partial charge in [0.2, 0.25) is 5.91 Å². The van der Waals surface area contributed by atoms with Crippen molar-refractivity contribution < 1.29 is 32.2 Å². The molecule has 1 saturated heterocycles. The summed E-state index contributed by atoms with van der Waals surface area (Å²) in [6, 6.07) is 12.2. The molecule has 0 unspecified atom stereocenters. The summed E-state index contributed by atoms with van der Waals surface area (Å²) >= 11 is 6.02. The van der Waals surface area contributed by atoms with Gasteiger partial charge in [-0.15, -0.1) is 0 Å². The molecule has 6 nitrogen and oxygen atoms in total. The molecular formula is C25H28ClF3N2O4. The predicted octanol–water partition coefficient (Wildman–Crippen LogP) is 4.71. The third kappa shape index (κ3) is 8.23. The van der Waals surface area contributed by atoms with Crippen molar-refractivity contribution in [2.24, 2.45) is 0 Å². The van der Waals surface area contributed by atoms with Crippen molar-refractivity contribution in [3.8, 4) is 0 Å². The summed E-state index contributed by atoms with van der Waals surface area (Å²) < 4.78 is 49.2. The van der Waals surface area contributed by atoms with E-state index in [4.69, 9.17) is 16.3 Å². The number of amides is 1. The molecular weight excluding hydrogens is 485 g/mol. The number of hydrogen-bond donors (Lipinski definition) is 0. The number of esters is 1. The molecule has 0 radical (unpaired) electrons. The van der Waals surface area contributed by atoms with Crippen LogP contribution in [0.5, 0.6) is 0 Å². The van der Waals surface area contributed by atoms with E-state index in [0.717, 1.165) is 17.7 Å². The lowest BCUT2D eigenvalue weighted by molar-refractivity contribution is -0.144. The number of alkyl halides is 3. The third-order valence-electron chi connectivity index (χ3n) is 5.89. The van der Waals surface area contributed by atoms with Crippen molar-refractivity contribution in [1.82, 2.24) is 9.80 Å². The molecule has 190 valence electrons. The Morgan fingerprint density at radius 2 is 1.60 bits per heavy atom. The van der Waals surface area contributed by atoms with Gasteiger partial charge in [-0.25, -0.2) is 0 Å². The maximum atomic E-state index is 12.8. The van der Waals surface area contributed by atoms with E-state index in [1.54, 1.807) is 17.0 Å². The third-order valence-corrected chi connectivity index (χ3v) is 6.15. The van der Waals surface area contributed by atoms with Crippen molar-refractivity contribution in [3.05, 3.63) is 70.2 Å². The van der Waals surface area contributed by atoms with Gasteiger partial charge in [0.05, 0.1) is 31.8 Å². The number of benzene rings is 2. The number of methoxy groups -OCH3 is 1. The predicted molar refractivity (Wildman–Crippen MR) is 125 cm³/mol. The van der Waals surface area contributed by atoms with E-state index in [2.05, 4.69) is 9.64 Å². The summed E-state index contributed by atoms with van der Waals surface area (Å²) in [4.78, 5) is 27.5. The van der Waals surface area contributed by atoms with E-state index in [1.165, 1.54) is 19.2 Å². The summed E-state index contributed by atoms with van der Waals surface area (Å²) in [6.45, 7) is 3.04. The number of piperazine rings is 1. The molecule has 3 rings (SSSR count). The summed E-state index contributed by atoms with van der Waals surface area (Å²) in [7, 11) is 1.29. The molecule has 1 atom stereocenters. The molecule has 0 aliphatic carbocycles. The fourth-order valence-electron chi connectivity index (χ4n) is 3.80. The summed E-state index contributed by atoms with van der Waals surface area (Å²) in [5.41, 5.74) is 0.838. The lowest BCUT2D eigenvalue weighted by Crippen LogP contribution is -2.49. The van der Waals surface area contributed by atoms with Crippen LogP contribution in [0.15, 0.2) is 48.5 Å². The Balaban J connectivity index is 1.58. The molecule has 0 N–H and O–H groups in total. The highest BCUT2D eigenvalue weighted by atomic mass is 35.5. The van der Waals surface area contributed by atoms with Crippen LogP contribution in [0.2, 0.25) is 5.02 Å². The minimum Gasteiger partial charge on any atom is -0.469 e. The summed E-state index contributed by atoms with van der Waals surface area (Å²) in [5.74, 6) is -0.490. The van der Waals surface area contributed by atoms with Gasteiger partial charge in [0.1, 0.15) is 0 Å². The average Bonchev–Trinajstić information content (AvgIpc) is 2.85. The Hall–Kier alpha value is -2.62. The molecule has 2 aromatic rings. The van der Waals surface area contributed by atoms with E-state index in [-0.39, 0.29) is 31.5 Å². The topological polar surface area (TPSA) is 59.1 Å². The fourth-order valence-corrected chi connectivity index (χ4v) is 3.93. The highest BCUT2D eigenvalue weighted by Crippen LogP contribution is 2.30. The molecule has 1 amide bonds. The normalized spacial score (nSPS) is 15.6. The van der Waals surface area contributed by atoms with E-state index in [9.17, 15) is 22.8 Å². The van der Waals surface area contributed by atoms with Crippen LogP contribution in [0.25, 0.3) is 0 Å². The first-order valence-corrected chi connectivity index (χ1v) is 11.6. The van der Waals surface area contributed by atoms with Crippen LogP contribution in [-0.4, -0.2) is 61.5 Å². The molecule has 0 aromatic heterocycles. The SMILES string of the molecule is COC(=O)CCC(=O)N1CCN(C[C@@H](OCc2ccc(C(F)(F)F)cc2)c2ccc(Cl)cc2)CC1. The van der Waals surface area contributed by atoms with E-state index in [0.29, 0.717) is 43.3 Å². The largest absolute Gasteiger partial charge is 0.469 e. The van der Waals surface area contributed by atoms with Gasteiger partial charge in [0, 0.05) is 44.2 Å². The molecule has 0 saturated carbocycles. The molecule has 1 fully saturated rings. The van der Waals surface area contributed by atoms with Gasteiger partial charge >= 0.3 is 12.1 Å². The van der Waals surface area contributed by atoms with Gasteiger partial charge in [-0.1, -0.05) is 35.9 Å². The summed E-state index contributed by atoms with van der Waals surface area (Å²) in [6.07, 6.45) is -4.53. The molecule has 0 spiro atoms.